The summed E-state index contributed by atoms with van der Waals surface area (Å²) in [5.41, 5.74) is 3.83. The number of rotatable bonds is 9. The van der Waals surface area contributed by atoms with Crippen LogP contribution < -0.4 is 10.6 Å². The molecule has 0 fully saturated rings. The molecule has 0 spiro atoms. The molecule has 0 bridgehead atoms. The van der Waals surface area contributed by atoms with E-state index in [9.17, 15) is 19.5 Å². The molecule has 0 aliphatic carbocycles. The maximum Gasteiger partial charge on any atom is 0.335 e. The maximum absolute atomic E-state index is 12.9. The second-order valence-corrected chi connectivity index (χ2v) is 9.47. The van der Waals surface area contributed by atoms with Gasteiger partial charge in [0.05, 0.1) is 28.3 Å². The summed E-state index contributed by atoms with van der Waals surface area (Å²) < 4.78 is 0. The van der Waals surface area contributed by atoms with Crippen molar-refractivity contribution in [1.29, 1.82) is 0 Å². The number of alkyl halides is 4. The number of aromatic carboxylic acids is 1. The van der Waals surface area contributed by atoms with Gasteiger partial charge in [-0.3, -0.25) is 19.6 Å². The molecular formula is C23H18Br4N4O4. The van der Waals surface area contributed by atoms with E-state index < -0.39 is 17.8 Å². The minimum atomic E-state index is -1.20. The second kappa shape index (κ2) is 12.7. The van der Waals surface area contributed by atoms with Crippen LogP contribution in [0.15, 0.2) is 42.5 Å². The van der Waals surface area contributed by atoms with Crippen molar-refractivity contribution in [2.24, 2.45) is 0 Å². The van der Waals surface area contributed by atoms with Crippen LogP contribution in [0.25, 0.3) is 0 Å². The molecule has 2 aromatic heterocycles. The van der Waals surface area contributed by atoms with E-state index in [0.29, 0.717) is 55.2 Å². The Bertz CT molecular complexity index is 1150. The van der Waals surface area contributed by atoms with Gasteiger partial charge in [-0.1, -0.05) is 63.7 Å². The van der Waals surface area contributed by atoms with Crippen molar-refractivity contribution < 1.29 is 19.5 Å². The van der Waals surface area contributed by atoms with Crippen molar-refractivity contribution in [1.82, 2.24) is 9.97 Å². The molecule has 0 aliphatic heterocycles. The second-order valence-electron chi connectivity index (χ2n) is 7.22. The number of hydrogen-bond acceptors (Lipinski definition) is 5. The van der Waals surface area contributed by atoms with Crippen molar-refractivity contribution in [3.8, 4) is 0 Å². The lowest BCUT2D eigenvalue weighted by molar-refractivity contribution is 0.0696. The minimum absolute atomic E-state index is 0.0906. The molecule has 0 radical (unpaired) electrons. The van der Waals surface area contributed by atoms with E-state index in [-0.39, 0.29) is 16.9 Å². The van der Waals surface area contributed by atoms with Crippen LogP contribution in [-0.2, 0) is 21.3 Å². The predicted molar refractivity (Wildman–Crippen MR) is 148 cm³/mol. The SMILES string of the molecule is O=C(O)c1cc(NC(=O)c2cc(CBr)nc(CBr)c2)cc(NC(=O)c2cc(CBr)nc(CBr)c2)c1. The molecule has 0 atom stereocenters. The van der Waals surface area contributed by atoms with Crippen LogP contribution in [0.4, 0.5) is 11.4 Å². The summed E-state index contributed by atoms with van der Waals surface area (Å²) in [6.45, 7) is 0. The Hall–Kier alpha value is -2.15. The zero-order chi connectivity index (χ0) is 25.5. The van der Waals surface area contributed by atoms with Crippen LogP contribution in [0.3, 0.4) is 0 Å². The van der Waals surface area contributed by atoms with E-state index in [1.165, 1.54) is 18.2 Å². The Labute approximate surface area is 234 Å². The topological polar surface area (TPSA) is 121 Å². The molecule has 182 valence electrons. The zero-order valence-corrected chi connectivity index (χ0v) is 24.3. The molecule has 2 heterocycles. The first-order valence-electron chi connectivity index (χ1n) is 10.0. The Morgan fingerprint density at radius 2 is 0.943 bits per heavy atom. The summed E-state index contributed by atoms with van der Waals surface area (Å²) in [6.07, 6.45) is 0. The summed E-state index contributed by atoms with van der Waals surface area (Å²) in [7, 11) is 0. The fourth-order valence-electron chi connectivity index (χ4n) is 3.14. The summed E-state index contributed by atoms with van der Waals surface area (Å²) >= 11 is 13.4. The number of nitrogens with zero attached hydrogens (tertiary/aromatic N) is 2. The van der Waals surface area contributed by atoms with Crippen molar-refractivity contribution >= 4 is 92.9 Å². The Balaban J connectivity index is 1.90. The van der Waals surface area contributed by atoms with Crippen molar-refractivity contribution in [3.05, 3.63) is 81.9 Å². The third-order valence-corrected chi connectivity index (χ3v) is 6.93. The first-order chi connectivity index (χ1) is 16.8. The molecule has 0 aliphatic rings. The molecule has 0 unspecified atom stereocenters. The number of carboxylic acid groups (broad SMARTS) is 1. The highest BCUT2D eigenvalue weighted by molar-refractivity contribution is 9.09. The quantitative estimate of drug-likeness (QED) is 0.224. The maximum atomic E-state index is 12.9. The number of aromatic nitrogens is 2. The van der Waals surface area contributed by atoms with Crippen LogP contribution >= 0.6 is 63.7 Å². The van der Waals surface area contributed by atoms with E-state index >= 15 is 0 Å². The van der Waals surface area contributed by atoms with Crippen LogP contribution in [0, 0.1) is 0 Å². The zero-order valence-electron chi connectivity index (χ0n) is 17.9. The number of carbonyl (C=O) groups is 3. The Kier molecular flexibility index (Phi) is 9.96. The fourth-order valence-corrected chi connectivity index (χ4v) is 4.29. The lowest BCUT2D eigenvalue weighted by Gasteiger charge is -2.12. The predicted octanol–water partition coefficient (Wildman–Crippen LogP) is 6.26. The van der Waals surface area contributed by atoms with E-state index in [1.807, 2.05) is 0 Å². The van der Waals surface area contributed by atoms with E-state index in [4.69, 9.17) is 0 Å². The smallest absolute Gasteiger partial charge is 0.335 e. The lowest BCUT2D eigenvalue weighted by atomic mass is 10.1. The average molecular weight is 734 g/mol. The number of hydrogen-bond donors (Lipinski definition) is 3. The van der Waals surface area contributed by atoms with Gasteiger partial charge in [0, 0.05) is 43.8 Å². The highest BCUT2D eigenvalue weighted by Gasteiger charge is 2.15. The highest BCUT2D eigenvalue weighted by atomic mass is 79.9. The molecule has 3 aromatic rings. The molecule has 1 aromatic carbocycles. The van der Waals surface area contributed by atoms with Crippen molar-refractivity contribution in [2.75, 3.05) is 10.6 Å². The van der Waals surface area contributed by atoms with Gasteiger partial charge in [-0.15, -0.1) is 0 Å². The number of halogens is 4. The van der Waals surface area contributed by atoms with Gasteiger partial charge in [0.2, 0.25) is 0 Å². The largest absolute Gasteiger partial charge is 0.478 e. The monoisotopic (exact) mass is 730 g/mol. The van der Waals surface area contributed by atoms with Gasteiger partial charge in [0.15, 0.2) is 0 Å². The normalized spacial score (nSPS) is 10.6. The third kappa shape index (κ3) is 7.42. The number of amides is 2. The number of carboxylic acids is 1. The first kappa shape index (κ1) is 27.4. The Morgan fingerprint density at radius 3 is 1.23 bits per heavy atom. The standard InChI is InChI=1S/C23H18Br4N4O4/c24-8-17-1-12(2-18(9-25)28-17)21(32)30-15-5-14(23(34)35)6-16(7-15)31-22(33)13-3-19(10-26)29-20(4-13)11-27/h1-7H,8-11H2,(H,30,32)(H,31,33)(H,34,35). The number of carbonyl (C=O) groups excluding carboxylic acids is 2. The molecule has 0 saturated heterocycles. The molecule has 2 amide bonds. The number of benzene rings is 1. The third-order valence-electron chi connectivity index (χ3n) is 4.63. The number of nitrogens with one attached hydrogen (secondary N) is 2. The summed E-state index contributed by atoms with van der Waals surface area (Å²) in [4.78, 5) is 46.3. The summed E-state index contributed by atoms with van der Waals surface area (Å²) in [5.74, 6) is -2.07. The van der Waals surface area contributed by atoms with E-state index in [2.05, 4.69) is 84.3 Å². The molecule has 3 N–H and O–H groups in total. The molecule has 0 saturated carbocycles. The Morgan fingerprint density at radius 1 is 0.600 bits per heavy atom. The van der Waals surface area contributed by atoms with Gasteiger partial charge >= 0.3 is 5.97 Å². The number of anilines is 2. The molecular weight excluding hydrogens is 716 g/mol. The van der Waals surface area contributed by atoms with Gasteiger partial charge in [0.1, 0.15) is 0 Å². The van der Waals surface area contributed by atoms with Crippen LogP contribution in [0.5, 0.6) is 0 Å². The average Bonchev–Trinajstić information content (AvgIpc) is 2.87. The van der Waals surface area contributed by atoms with E-state index in [0.717, 1.165) is 0 Å². The van der Waals surface area contributed by atoms with Crippen molar-refractivity contribution in [2.45, 2.75) is 21.3 Å². The molecule has 8 nitrogen and oxygen atoms in total. The van der Waals surface area contributed by atoms with Crippen LogP contribution in [0.2, 0.25) is 0 Å². The van der Waals surface area contributed by atoms with Gasteiger partial charge < -0.3 is 15.7 Å². The lowest BCUT2D eigenvalue weighted by Crippen LogP contribution is -2.16. The number of pyridine rings is 2. The summed E-state index contributed by atoms with van der Waals surface area (Å²) in [5, 5.41) is 16.9. The molecule has 12 heteroatoms. The van der Waals surface area contributed by atoms with Gasteiger partial charge in [-0.05, 0) is 42.5 Å². The first-order valence-corrected chi connectivity index (χ1v) is 14.5. The highest BCUT2D eigenvalue weighted by Crippen LogP contribution is 2.22. The fraction of sp³-hybridized carbons (Fsp3) is 0.174. The van der Waals surface area contributed by atoms with Gasteiger partial charge in [-0.2, -0.15) is 0 Å². The molecule has 35 heavy (non-hydrogen) atoms. The van der Waals surface area contributed by atoms with Crippen molar-refractivity contribution in [3.63, 3.8) is 0 Å². The van der Waals surface area contributed by atoms with Gasteiger partial charge in [-0.25, -0.2) is 4.79 Å². The van der Waals surface area contributed by atoms with Crippen LogP contribution in [-0.4, -0.2) is 32.9 Å². The van der Waals surface area contributed by atoms with Crippen LogP contribution in [0.1, 0.15) is 53.8 Å². The molecule has 3 rings (SSSR count). The summed E-state index contributed by atoms with van der Waals surface area (Å²) in [6, 6.07) is 10.7. The van der Waals surface area contributed by atoms with Gasteiger partial charge in [0.25, 0.3) is 11.8 Å². The van der Waals surface area contributed by atoms with E-state index in [1.54, 1.807) is 24.3 Å². The minimum Gasteiger partial charge on any atom is -0.478 e.